The zero-order valence-electron chi connectivity index (χ0n) is 7.83. The maximum absolute atomic E-state index is 9.64. The van der Waals surface area contributed by atoms with Gasteiger partial charge in [0, 0.05) is 20.3 Å². The molecule has 0 aliphatic carbocycles. The molecule has 12 heavy (non-hydrogen) atoms. The summed E-state index contributed by atoms with van der Waals surface area (Å²) in [5.41, 5.74) is -0.772. The SMILES string of the molecule is CN(C)c1ncc(C(C)(C)O)s1. The second-order valence-corrected chi connectivity index (χ2v) is 4.47. The van der Waals surface area contributed by atoms with E-state index in [0.717, 1.165) is 10.0 Å². The van der Waals surface area contributed by atoms with Crippen LogP contribution in [-0.2, 0) is 5.60 Å². The molecule has 68 valence electrons. The molecular weight excluding hydrogens is 172 g/mol. The highest BCUT2D eigenvalue weighted by Gasteiger charge is 2.19. The van der Waals surface area contributed by atoms with Crippen LogP contribution in [0.5, 0.6) is 0 Å². The molecule has 0 atom stereocenters. The van der Waals surface area contributed by atoms with Crippen LogP contribution in [0, 0.1) is 0 Å². The van der Waals surface area contributed by atoms with Crippen LogP contribution in [-0.4, -0.2) is 24.2 Å². The molecule has 0 fully saturated rings. The minimum absolute atomic E-state index is 0.772. The van der Waals surface area contributed by atoms with Gasteiger partial charge in [0.25, 0.3) is 0 Å². The molecule has 0 saturated carbocycles. The highest BCUT2D eigenvalue weighted by molar-refractivity contribution is 7.15. The molecule has 0 spiro atoms. The Hall–Kier alpha value is -0.610. The molecule has 0 saturated heterocycles. The second-order valence-electron chi connectivity index (χ2n) is 3.46. The number of aliphatic hydroxyl groups is 1. The average molecular weight is 186 g/mol. The fraction of sp³-hybridized carbons (Fsp3) is 0.625. The van der Waals surface area contributed by atoms with Crippen molar-refractivity contribution in [2.75, 3.05) is 19.0 Å². The number of thiazole rings is 1. The van der Waals surface area contributed by atoms with E-state index in [1.54, 1.807) is 20.0 Å². The molecule has 0 radical (unpaired) electrons. The summed E-state index contributed by atoms with van der Waals surface area (Å²) >= 11 is 1.51. The minimum Gasteiger partial charge on any atom is -0.385 e. The van der Waals surface area contributed by atoms with E-state index in [0.29, 0.717) is 0 Å². The van der Waals surface area contributed by atoms with Gasteiger partial charge in [-0.05, 0) is 13.8 Å². The van der Waals surface area contributed by atoms with Crippen molar-refractivity contribution < 1.29 is 5.11 Å². The normalized spacial score (nSPS) is 11.8. The lowest BCUT2D eigenvalue weighted by Gasteiger charge is -2.13. The van der Waals surface area contributed by atoms with Gasteiger partial charge in [0.2, 0.25) is 0 Å². The summed E-state index contributed by atoms with van der Waals surface area (Å²) in [4.78, 5) is 6.99. The monoisotopic (exact) mass is 186 g/mol. The molecule has 0 amide bonds. The Bertz CT molecular complexity index is 262. The van der Waals surface area contributed by atoms with Crippen LogP contribution in [0.15, 0.2) is 6.20 Å². The van der Waals surface area contributed by atoms with E-state index in [1.165, 1.54) is 11.3 Å². The van der Waals surface area contributed by atoms with Crippen molar-refractivity contribution in [1.29, 1.82) is 0 Å². The number of hydrogen-bond acceptors (Lipinski definition) is 4. The Morgan fingerprint density at radius 3 is 2.33 bits per heavy atom. The van der Waals surface area contributed by atoms with Crippen LogP contribution in [0.3, 0.4) is 0 Å². The van der Waals surface area contributed by atoms with Crippen molar-refractivity contribution in [3.05, 3.63) is 11.1 Å². The molecule has 1 heterocycles. The predicted molar refractivity (Wildman–Crippen MR) is 51.7 cm³/mol. The summed E-state index contributed by atoms with van der Waals surface area (Å²) in [6, 6.07) is 0. The summed E-state index contributed by atoms with van der Waals surface area (Å²) < 4.78 is 0. The van der Waals surface area contributed by atoms with Gasteiger partial charge in [0.1, 0.15) is 0 Å². The molecule has 1 rings (SSSR count). The van der Waals surface area contributed by atoms with E-state index in [4.69, 9.17) is 0 Å². The summed E-state index contributed by atoms with van der Waals surface area (Å²) in [6.07, 6.45) is 1.72. The minimum atomic E-state index is -0.772. The third kappa shape index (κ3) is 1.95. The highest BCUT2D eigenvalue weighted by atomic mass is 32.1. The maximum Gasteiger partial charge on any atom is 0.185 e. The maximum atomic E-state index is 9.64. The van der Waals surface area contributed by atoms with Crippen molar-refractivity contribution in [1.82, 2.24) is 4.98 Å². The first-order valence-corrected chi connectivity index (χ1v) is 4.59. The number of anilines is 1. The molecular formula is C8H14N2OS. The van der Waals surface area contributed by atoms with Gasteiger partial charge in [-0.25, -0.2) is 4.98 Å². The summed E-state index contributed by atoms with van der Waals surface area (Å²) in [6.45, 7) is 3.53. The Labute approximate surface area is 76.7 Å². The van der Waals surface area contributed by atoms with E-state index in [2.05, 4.69) is 4.98 Å². The number of hydrogen-bond donors (Lipinski definition) is 1. The summed E-state index contributed by atoms with van der Waals surface area (Å²) in [7, 11) is 3.87. The van der Waals surface area contributed by atoms with Gasteiger partial charge in [0.05, 0.1) is 10.5 Å². The van der Waals surface area contributed by atoms with Gasteiger partial charge in [0.15, 0.2) is 5.13 Å². The molecule has 1 N–H and O–H groups in total. The Balaban J connectivity index is 2.92. The average Bonchev–Trinajstić information content (AvgIpc) is 2.30. The first-order valence-electron chi connectivity index (χ1n) is 3.77. The van der Waals surface area contributed by atoms with Gasteiger partial charge in [-0.2, -0.15) is 0 Å². The standard InChI is InChI=1S/C8H14N2OS/c1-8(2,11)6-5-9-7(12-6)10(3)4/h5,11H,1-4H3. The molecule has 4 heteroatoms. The van der Waals surface area contributed by atoms with E-state index >= 15 is 0 Å². The Kier molecular flexibility index (Phi) is 2.39. The van der Waals surface area contributed by atoms with Gasteiger partial charge >= 0.3 is 0 Å². The molecule has 1 aromatic rings. The second kappa shape index (κ2) is 3.03. The lowest BCUT2D eigenvalue weighted by molar-refractivity contribution is 0.0823. The van der Waals surface area contributed by atoms with Crippen molar-refractivity contribution in [2.45, 2.75) is 19.4 Å². The fourth-order valence-electron chi connectivity index (χ4n) is 0.755. The Morgan fingerprint density at radius 2 is 2.08 bits per heavy atom. The van der Waals surface area contributed by atoms with Crippen LogP contribution in [0.2, 0.25) is 0 Å². The number of aromatic nitrogens is 1. The van der Waals surface area contributed by atoms with Crippen molar-refractivity contribution in [2.24, 2.45) is 0 Å². The van der Waals surface area contributed by atoms with Gasteiger partial charge in [-0.3, -0.25) is 0 Å². The van der Waals surface area contributed by atoms with Gasteiger partial charge < -0.3 is 10.0 Å². The van der Waals surface area contributed by atoms with Crippen molar-refractivity contribution in [3.63, 3.8) is 0 Å². The van der Waals surface area contributed by atoms with Crippen LogP contribution in [0.4, 0.5) is 5.13 Å². The van der Waals surface area contributed by atoms with Crippen LogP contribution < -0.4 is 4.90 Å². The molecule has 0 unspecified atom stereocenters. The summed E-state index contributed by atoms with van der Waals surface area (Å²) in [5, 5.41) is 10.6. The topological polar surface area (TPSA) is 36.4 Å². The molecule has 0 aliphatic rings. The zero-order valence-corrected chi connectivity index (χ0v) is 8.64. The van der Waals surface area contributed by atoms with Crippen molar-refractivity contribution >= 4 is 16.5 Å². The summed E-state index contributed by atoms with van der Waals surface area (Å²) in [5.74, 6) is 0. The first kappa shape index (κ1) is 9.48. The molecule has 0 aromatic carbocycles. The van der Waals surface area contributed by atoms with Crippen LogP contribution >= 0.6 is 11.3 Å². The van der Waals surface area contributed by atoms with E-state index < -0.39 is 5.60 Å². The predicted octanol–water partition coefficient (Wildman–Crippen LogP) is 1.44. The lowest BCUT2D eigenvalue weighted by atomic mass is 10.1. The molecule has 1 aromatic heterocycles. The zero-order chi connectivity index (χ0) is 9.35. The van der Waals surface area contributed by atoms with Crippen molar-refractivity contribution in [3.8, 4) is 0 Å². The number of rotatable bonds is 2. The van der Waals surface area contributed by atoms with E-state index in [9.17, 15) is 5.11 Å². The van der Waals surface area contributed by atoms with Crippen LogP contribution in [0.25, 0.3) is 0 Å². The largest absolute Gasteiger partial charge is 0.385 e. The molecule has 3 nitrogen and oxygen atoms in total. The fourth-order valence-corrected chi connectivity index (χ4v) is 1.59. The quantitative estimate of drug-likeness (QED) is 0.759. The Morgan fingerprint density at radius 1 is 1.50 bits per heavy atom. The third-order valence-corrected chi connectivity index (χ3v) is 2.96. The smallest absolute Gasteiger partial charge is 0.185 e. The van der Waals surface area contributed by atoms with E-state index in [1.807, 2.05) is 19.0 Å². The van der Waals surface area contributed by atoms with Gasteiger partial charge in [-0.1, -0.05) is 11.3 Å². The van der Waals surface area contributed by atoms with Crippen LogP contribution in [0.1, 0.15) is 18.7 Å². The first-order chi connectivity index (χ1) is 5.41. The molecule has 0 aliphatic heterocycles. The van der Waals surface area contributed by atoms with E-state index in [-0.39, 0.29) is 0 Å². The highest BCUT2D eigenvalue weighted by Crippen LogP contribution is 2.29. The number of nitrogens with zero attached hydrogens (tertiary/aromatic N) is 2. The molecule has 0 bridgehead atoms. The third-order valence-electron chi connectivity index (χ3n) is 1.48. The van der Waals surface area contributed by atoms with Gasteiger partial charge in [-0.15, -0.1) is 0 Å². The lowest BCUT2D eigenvalue weighted by Crippen LogP contribution is -2.13.